The number of fused-ring (bicyclic) bond motifs is 1. The summed E-state index contributed by atoms with van der Waals surface area (Å²) in [6.45, 7) is 0.919. The summed E-state index contributed by atoms with van der Waals surface area (Å²) >= 11 is 0. The molecule has 0 unspecified atom stereocenters. The molecule has 0 fully saturated rings. The van der Waals surface area contributed by atoms with Crippen LogP contribution in [0.5, 0.6) is 0 Å². The molecule has 0 aliphatic rings. The fourth-order valence-corrected chi connectivity index (χ4v) is 3.00. The van der Waals surface area contributed by atoms with E-state index in [2.05, 4.69) is 20.2 Å². The first-order valence-corrected chi connectivity index (χ1v) is 10.2. The van der Waals surface area contributed by atoms with Crippen molar-refractivity contribution in [1.82, 2.24) is 19.6 Å². The summed E-state index contributed by atoms with van der Waals surface area (Å²) in [5.41, 5.74) is 0.157. The van der Waals surface area contributed by atoms with E-state index in [-0.39, 0.29) is 17.3 Å². The Balaban J connectivity index is 1.56. The van der Waals surface area contributed by atoms with Crippen molar-refractivity contribution in [1.29, 1.82) is 0 Å². The van der Waals surface area contributed by atoms with Crippen LogP contribution in [0.1, 0.15) is 27.4 Å². The van der Waals surface area contributed by atoms with Crippen LogP contribution in [-0.4, -0.2) is 44.3 Å². The van der Waals surface area contributed by atoms with E-state index in [1.807, 2.05) is 0 Å². The summed E-state index contributed by atoms with van der Waals surface area (Å²) in [5.74, 6) is -2.04. The Bertz CT molecular complexity index is 1400. The zero-order valence-corrected chi connectivity index (χ0v) is 18.2. The number of hydrogen-bond donors (Lipinski definition) is 0. The molecule has 0 N–H and O–H groups in total. The zero-order valence-electron chi connectivity index (χ0n) is 18.2. The Labute approximate surface area is 196 Å². The number of esters is 1. The molecule has 2 aromatic heterocycles. The van der Waals surface area contributed by atoms with Gasteiger partial charge in [-0.3, -0.25) is 4.79 Å². The van der Waals surface area contributed by atoms with Crippen molar-refractivity contribution in [2.45, 2.75) is 13.1 Å². The molecule has 0 spiro atoms. The number of carbonyl (C=O) groups excluding carboxylic acids is 2. The van der Waals surface area contributed by atoms with Crippen molar-refractivity contribution in [3.8, 4) is 0 Å². The molecule has 12 heteroatoms. The van der Waals surface area contributed by atoms with Gasteiger partial charge >= 0.3 is 12.1 Å². The van der Waals surface area contributed by atoms with Crippen LogP contribution in [0.2, 0.25) is 0 Å². The SMILES string of the molecule is Cc1ccnc2nc(C(=O)OCC(=O)N(/N=C/c3ccccc3)c3cccc(C(F)(F)F)c3)nn12. The number of hydrogen-bond acceptors (Lipinski definition) is 7. The van der Waals surface area contributed by atoms with Crippen LogP contribution in [0.25, 0.3) is 5.78 Å². The molecule has 0 radical (unpaired) electrons. The van der Waals surface area contributed by atoms with Crippen LogP contribution in [0.4, 0.5) is 18.9 Å². The van der Waals surface area contributed by atoms with E-state index in [0.717, 1.165) is 23.2 Å². The van der Waals surface area contributed by atoms with Crippen LogP contribution >= 0.6 is 0 Å². The molecule has 0 atom stereocenters. The van der Waals surface area contributed by atoms with Crippen molar-refractivity contribution in [3.63, 3.8) is 0 Å². The maximum absolute atomic E-state index is 13.2. The first-order valence-electron chi connectivity index (χ1n) is 10.2. The lowest BCUT2D eigenvalue weighted by atomic mass is 10.2. The van der Waals surface area contributed by atoms with Gasteiger partial charge < -0.3 is 4.74 Å². The van der Waals surface area contributed by atoms with Gasteiger partial charge in [-0.25, -0.2) is 14.3 Å². The molecular formula is C23H17F3N6O3. The van der Waals surface area contributed by atoms with Gasteiger partial charge in [-0.2, -0.15) is 28.3 Å². The lowest BCUT2D eigenvalue weighted by molar-refractivity contribution is -0.137. The predicted octanol–water partition coefficient (Wildman–Crippen LogP) is 3.68. The smallest absolute Gasteiger partial charge is 0.416 e. The van der Waals surface area contributed by atoms with Gasteiger partial charge in [0.15, 0.2) is 6.61 Å². The van der Waals surface area contributed by atoms with E-state index >= 15 is 0 Å². The van der Waals surface area contributed by atoms with Crippen LogP contribution in [0.3, 0.4) is 0 Å². The lowest BCUT2D eigenvalue weighted by Gasteiger charge is -2.18. The summed E-state index contributed by atoms with van der Waals surface area (Å²) in [7, 11) is 0. The molecule has 0 bridgehead atoms. The van der Waals surface area contributed by atoms with E-state index < -0.39 is 30.2 Å². The third-order valence-corrected chi connectivity index (χ3v) is 4.72. The summed E-state index contributed by atoms with van der Waals surface area (Å²) in [6.07, 6.45) is -1.82. The highest BCUT2D eigenvalue weighted by Crippen LogP contribution is 2.31. The fourth-order valence-electron chi connectivity index (χ4n) is 3.00. The van der Waals surface area contributed by atoms with Crippen LogP contribution in [0.15, 0.2) is 72.0 Å². The number of benzene rings is 2. The molecule has 1 amide bonds. The Morgan fingerprint density at radius 2 is 1.89 bits per heavy atom. The maximum atomic E-state index is 13.2. The van der Waals surface area contributed by atoms with E-state index in [1.165, 1.54) is 23.0 Å². The Morgan fingerprint density at radius 1 is 1.11 bits per heavy atom. The van der Waals surface area contributed by atoms with E-state index in [0.29, 0.717) is 11.3 Å². The number of ether oxygens (including phenoxy) is 1. The number of halogens is 3. The van der Waals surface area contributed by atoms with Crippen molar-refractivity contribution in [2.24, 2.45) is 5.10 Å². The van der Waals surface area contributed by atoms with Crippen molar-refractivity contribution < 1.29 is 27.5 Å². The second-order valence-electron chi connectivity index (χ2n) is 7.22. The van der Waals surface area contributed by atoms with Gasteiger partial charge in [-0.1, -0.05) is 36.4 Å². The highest BCUT2D eigenvalue weighted by molar-refractivity contribution is 5.97. The first-order chi connectivity index (χ1) is 16.7. The fraction of sp³-hybridized carbons (Fsp3) is 0.130. The minimum Gasteiger partial charge on any atom is -0.450 e. The third kappa shape index (κ3) is 5.49. The number of carbonyl (C=O) groups is 2. The number of hydrazone groups is 1. The molecule has 0 saturated heterocycles. The second-order valence-corrected chi connectivity index (χ2v) is 7.22. The summed E-state index contributed by atoms with van der Waals surface area (Å²) in [6, 6.07) is 14.4. The van der Waals surface area contributed by atoms with Gasteiger partial charge in [0.25, 0.3) is 17.5 Å². The van der Waals surface area contributed by atoms with Gasteiger partial charge in [0.05, 0.1) is 17.5 Å². The summed E-state index contributed by atoms with van der Waals surface area (Å²) in [4.78, 5) is 33.2. The molecule has 35 heavy (non-hydrogen) atoms. The minimum atomic E-state index is -4.62. The molecular weight excluding hydrogens is 465 g/mol. The quantitative estimate of drug-likeness (QED) is 0.236. The Morgan fingerprint density at radius 3 is 2.60 bits per heavy atom. The van der Waals surface area contributed by atoms with Crippen molar-refractivity contribution in [2.75, 3.05) is 11.6 Å². The first kappa shape index (κ1) is 23.5. The largest absolute Gasteiger partial charge is 0.450 e. The van der Waals surface area contributed by atoms with Gasteiger partial charge in [0.1, 0.15) is 0 Å². The van der Waals surface area contributed by atoms with Gasteiger partial charge in [-0.15, -0.1) is 5.10 Å². The molecule has 9 nitrogen and oxygen atoms in total. The average molecular weight is 482 g/mol. The number of amides is 1. The number of aromatic nitrogens is 4. The van der Waals surface area contributed by atoms with E-state index in [4.69, 9.17) is 4.74 Å². The second kappa shape index (κ2) is 9.71. The van der Waals surface area contributed by atoms with Crippen LogP contribution < -0.4 is 5.01 Å². The topological polar surface area (TPSA) is 102 Å². The lowest BCUT2D eigenvalue weighted by Crippen LogP contribution is -2.31. The summed E-state index contributed by atoms with van der Waals surface area (Å²) < 4.78 is 46.0. The normalized spacial score (nSPS) is 11.7. The monoisotopic (exact) mass is 482 g/mol. The van der Waals surface area contributed by atoms with Crippen molar-refractivity contribution in [3.05, 3.63) is 89.5 Å². The predicted molar refractivity (Wildman–Crippen MR) is 119 cm³/mol. The number of alkyl halides is 3. The third-order valence-electron chi connectivity index (χ3n) is 4.72. The standard InChI is InChI=1S/C23H17F3N6O3/c1-15-10-11-27-22-29-20(30-31(15)22)21(34)35-14-19(33)32(28-13-16-6-3-2-4-7-16)18-9-5-8-17(12-18)23(24,25)26/h2-13H,14H2,1H3/b28-13+. The summed E-state index contributed by atoms with van der Waals surface area (Å²) in [5, 5.41) is 8.77. The van der Waals surface area contributed by atoms with Crippen LogP contribution in [-0.2, 0) is 15.7 Å². The number of aryl methyl sites for hydroxylation is 1. The number of rotatable bonds is 6. The highest BCUT2D eigenvalue weighted by atomic mass is 19.4. The number of nitrogens with zero attached hydrogens (tertiary/aromatic N) is 6. The highest BCUT2D eigenvalue weighted by Gasteiger charge is 2.31. The van der Waals surface area contributed by atoms with E-state index in [9.17, 15) is 22.8 Å². The minimum absolute atomic E-state index is 0.154. The van der Waals surface area contributed by atoms with Gasteiger partial charge in [0, 0.05) is 11.9 Å². The molecule has 2 heterocycles. The zero-order chi connectivity index (χ0) is 25.0. The van der Waals surface area contributed by atoms with Crippen molar-refractivity contribution >= 4 is 29.6 Å². The molecule has 0 aliphatic heterocycles. The number of anilines is 1. The van der Waals surface area contributed by atoms with E-state index in [1.54, 1.807) is 43.3 Å². The Hall–Kier alpha value is -4.61. The molecule has 178 valence electrons. The Kier molecular flexibility index (Phi) is 6.53. The van der Waals surface area contributed by atoms with Crippen LogP contribution in [0, 0.1) is 6.92 Å². The molecule has 4 aromatic rings. The van der Waals surface area contributed by atoms with Gasteiger partial charge in [-0.05, 0) is 36.8 Å². The molecule has 2 aromatic carbocycles. The van der Waals surface area contributed by atoms with Gasteiger partial charge in [0.2, 0.25) is 0 Å². The maximum Gasteiger partial charge on any atom is 0.416 e. The average Bonchev–Trinajstić information content (AvgIpc) is 3.29. The molecule has 4 rings (SSSR count). The molecule has 0 saturated carbocycles. The molecule has 0 aliphatic carbocycles.